The van der Waals surface area contributed by atoms with Gasteiger partial charge in [-0.05, 0) is 110 Å². The van der Waals surface area contributed by atoms with E-state index < -0.39 is 7.82 Å². The molecule has 0 amide bonds. The van der Waals surface area contributed by atoms with Gasteiger partial charge in [0.2, 0.25) is 0 Å². The van der Waals surface area contributed by atoms with E-state index in [4.69, 9.17) is 13.6 Å². The molecule has 0 aliphatic heterocycles. The zero-order valence-corrected chi connectivity index (χ0v) is 26.3. The van der Waals surface area contributed by atoms with E-state index in [1.54, 1.807) is 12.1 Å². The summed E-state index contributed by atoms with van der Waals surface area (Å²) in [4.78, 5) is 0. The van der Waals surface area contributed by atoms with Gasteiger partial charge in [0.05, 0.1) is 0 Å². The molecule has 0 saturated heterocycles. The van der Waals surface area contributed by atoms with E-state index in [1.165, 1.54) is 22.3 Å². The summed E-state index contributed by atoms with van der Waals surface area (Å²) in [5.74, 6) is 1.44. The second-order valence-electron chi connectivity index (χ2n) is 11.1. The molecule has 0 aliphatic carbocycles. The van der Waals surface area contributed by atoms with Crippen LogP contribution in [0.5, 0.6) is 17.2 Å². The smallest absolute Gasteiger partial charge is 0.386 e. The summed E-state index contributed by atoms with van der Waals surface area (Å²) in [6, 6.07) is 38.3. The van der Waals surface area contributed by atoms with Crippen molar-refractivity contribution in [2.45, 2.75) is 53.4 Å². The molecule has 5 aromatic carbocycles. The Bertz CT molecular complexity index is 1550. The topological polar surface area (TPSA) is 44.8 Å². The molecule has 0 atom stereocenters. The molecule has 0 bridgehead atoms. The number of hydrogen-bond acceptors (Lipinski definition) is 4. The number of phosphoric ester groups is 1. The van der Waals surface area contributed by atoms with Crippen LogP contribution in [-0.4, -0.2) is 0 Å². The van der Waals surface area contributed by atoms with Gasteiger partial charge in [-0.1, -0.05) is 103 Å². The predicted molar refractivity (Wildman–Crippen MR) is 175 cm³/mol. The van der Waals surface area contributed by atoms with Crippen molar-refractivity contribution in [1.29, 1.82) is 0 Å². The Hall–Kier alpha value is -4.27. The summed E-state index contributed by atoms with van der Waals surface area (Å²) < 4.78 is 33.0. The molecule has 0 radical (unpaired) electrons. The number of benzene rings is 5. The average molecular weight is 591 g/mol. The number of phosphoric acid groups is 1. The summed E-state index contributed by atoms with van der Waals surface area (Å²) in [5, 5.41) is 0. The summed E-state index contributed by atoms with van der Waals surface area (Å²) in [5.41, 5.74) is 8.52. The fourth-order valence-corrected chi connectivity index (χ4v) is 6.93. The van der Waals surface area contributed by atoms with E-state index in [1.807, 2.05) is 58.0 Å². The molecule has 0 unspecified atom stereocenters. The Kier molecular flexibility index (Phi) is 9.69. The van der Waals surface area contributed by atoms with Crippen LogP contribution in [0.3, 0.4) is 0 Å². The zero-order chi connectivity index (χ0) is 30.2. The second kappa shape index (κ2) is 13.8. The summed E-state index contributed by atoms with van der Waals surface area (Å²) >= 11 is 0. The monoisotopic (exact) mass is 590 g/mol. The van der Waals surface area contributed by atoms with E-state index in [2.05, 4.69) is 72.8 Å². The van der Waals surface area contributed by atoms with Crippen molar-refractivity contribution in [2.24, 2.45) is 0 Å². The Balaban J connectivity index is 1.39. The van der Waals surface area contributed by atoms with Crippen LogP contribution in [0.2, 0.25) is 0 Å². The standard InChI is InChI=1S/C38H39O4P/c1-28-24-34(22-20-32-14-8-5-9-15-32)25-29(2)37(28)41-43(39,40-36-18-12-7-13-19-36)42-38-30(3)26-35(27-31(38)4)23-21-33-16-10-6-11-17-33/h5-19,24-27H,20-23H2,1-4H3. The van der Waals surface area contributed by atoms with E-state index >= 15 is 0 Å². The van der Waals surface area contributed by atoms with E-state index in [0.29, 0.717) is 17.2 Å². The highest BCUT2D eigenvalue weighted by Gasteiger charge is 2.35. The van der Waals surface area contributed by atoms with Crippen LogP contribution in [0.1, 0.15) is 44.5 Å². The molecule has 5 heteroatoms. The Morgan fingerprint density at radius 3 is 1.14 bits per heavy atom. The highest BCUT2D eigenvalue weighted by molar-refractivity contribution is 7.49. The number of aryl methyl sites for hydroxylation is 8. The van der Waals surface area contributed by atoms with Crippen molar-refractivity contribution in [3.05, 3.63) is 160 Å². The average Bonchev–Trinajstić information content (AvgIpc) is 3.00. The lowest BCUT2D eigenvalue weighted by Crippen LogP contribution is -2.11. The predicted octanol–water partition coefficient (Wildman–Crippen LogP) is 10.1. The van der Waals surface area contributed by atoms with Crippen molar-refractivity contribution >= 4 is 7.82 Å². The van der Waals surface area contributed by atoms with Gasteiger partial charge < -0.3 is 13.6 Å². The summed E-state index contributed by atoms with van der Waals surface area (Å²) in [6.45, 7) is 7.89. The van der Waals surface area contributed by atoms with E-state index in [9.17, 15) is 4.57 Å². The van der Waals surface area contributed by atoms with Crippen molar-refractivity contribution < 1.29 is 18.1 Å². The van der Waals surface area contributed by atoms with Gasteiger partial charge in [0.15, 0.2) is 0 Å². The molecular formula is C38H39O4P. The first-order chi connectivity index (χ1) is 20.8. The molecule has 220 valence electrons. The Labute approximate surface area is 255 Å². The fourth-order valence-electron chi connectivity index (χ4n) is 5.41. The third kappa shape index (κ3) is 8.18. The minimum Gasteiger partial charge on any atom is -0.386 e. The first-order valence-electron chi connectivity index (χ1n) is 14.8. The molecule has 0 aromatic heterocycles. The number of rotatable bonds is 12. The highest BCUT2D eigenvalue weighted by atomic mass is 31.2. The Morgan fingerprint density at radius 2 is 0.767 bits per heavy atom. The fraction of sp³-hybridized carbons (Fsp3) is 0.211. The maximum atomic E-state index is 14.5. The maximum Gasteiger partial charge on any atom is 0.647 e. The van der Waals surface area contributed by atoms with Crippen LogP contribution < -0.4 is 13.6 Å². The van der Waals surface area contributed by atoms with Gasteiger partial charge in [-0.25, -0.2) is 0 Å². The van der Waals surface area contributed by atoms with Gasteiger partial charge in [-0.15, -0.1) is 0 Å². The van der Waals surface area contributed by atoms with Crippen LogP contribution in [-0.2, 0) is 30.2 Å². The molecule has 0 aliphatic rings. The Morgan fingerprint density at radius 1 is 0.442 bits per heavy atom. The lowest BCUT2D eigenvalue weighted by Gasteiger charge is -2.23. The molecule has 0 heterocycles. The molecule has 5 aromatic rings. The quantitative estimate of drug-likeness (QED) is 0.136. The zero-order valence-electron chi connectivity index (χ0n) is 25.4. The second-order valence-corrected chi connectivity index (χ2v) is 12.6. The van der Waals surface area contributed by atoms with Crippen LogP contribution >= 0.6 is 7.82 Å². The largest absolute Gasteiger partial charge is 0.647 e. The van der Waals surface area contributed by atoms with Gasteiger partial charge in [0.1, 0.15) is 17.2 Å². The molecule has 0 spiro atoms. The molecule has 0 fully saturated rings. The van der Waals surface area contributed by atoms with E-state index in [0.717, 1.165) is 47.9 Å². The van der Waals surface area contributed by atoms with Crippen LogP contribution in [0.15, 0.2) is 115 Å². The third-order valence-electron chi connectivity index (χ3n) is 7.50. The van der Waals surface area contributed by atoms with Crippen molar-refractivity contribution in [3.63, 3.8) is 0 Å². The van der Waals surface area contributed by atoms with Crippen molar-refractivity contribution in [2.75, 3.05) is 0 Å². The van der Waals surface area contributed by atoms with Gasteiger partial charge in [-0.3, -0.25) is 0 Å². The molecular weight excluding hydrogens is 551 g/mol. The minimum absolute atomic E-state index is 0.412. The van der Waals surface area contributed by atoms with Crippen LogP contribution in [0.25, 0.3) is 0 Å². The van der Waals surface area contributed by atoms with Crippen molar-refractivity contribution in [1.82, 2.24) is 0 Å². The van der Waals surface area contributed by atoms with Gasteiger partial charge in [0, 0.05) is 0 Å². The maximum absolute atomic E-state index is 14.5. The molecule has 43 heavy (non-hydrogen) atoms. The summed E-state index contributed by atoms with van der Waals surface area (Å²) in [6.07, 6.45) is 3.68. The van der Waals surface area contributed by atoms with E-state index in [-0.39, 0.29) is 0 Å². The third-order valence-corrected chi connectivity index (χ3v) is 8.74. The lowest BCUT2D eigenvalue weighted by molar-refractivity contribution is 0.295. The van der Waals surface area contributed by atoms with Gasteiger partial charge in [0.25, 0.3) is 0 Å². The first-order valence-corrected chi connectivity index (χ1v) is 16.3. The molecule has 0 N–H and O–H groups in total. The van der Waals surface area contributed by atoms with Crippen molar-refractivity contribution in [3.8, 4) is 17.2 Å². The minimum atomic E-state index is -4.15. The first kappa shape index (κ1) is 30.2. The number of para-hydroxylation sites is 1. The van der Waals surface area contributed by atoms with Gasteiger partial charge >= 0.3 is 7.82 Å². The van der Waals surface area contributed by atoms with Crippen LogP contribution in [0.4, 0.5) is 0 Å². The number of hydrogen-bond donors (Lipinski definition) is 0. The normalized spacial score (nSPS) is 11.3. The molecule has 0 saturated carbocycles. The SMILES string of the molecule is Cc1cc(CCc2ccccc2)cc(C)c1OP(=O)(Oc1ccccc1)Oc1c(C)cc(CCc2ccccc2)cc1C. The highest BCUT2D eigenvalue weighted by Crippen LogP contribution is 2.52. The summed E-state index contributed by atoms with van der Waals surface area (Å²) in [7, 11) is -4.15. The molecule has 5 rings (SSSR count). The van der Waals surface area contributed by atoms with Gasteiger partial charge in [-0.2, -0.15) is 4.57 Å². The molecule has 4 nitrogen and oxygen atoms in total. The lowest BCUT2D eigenvalue weighted by atomic mass is 10.00. The van der Waals surface area contributed by atoms with Crippen LogP contribution in [0, 0.1) is 27.7 Å².